The van der Waals surface area contributed by atoms with Crippen molar-refractivity contribution in [2.24, 2.45) is 11.8 Å². The van der Waals surface area contributed by atoms with E-state index in [2.05, 4.69) is 38.2 Å². The lowest BCUT2D eigenvalue weighted by molar-refractivity contribution is -0.135. The number of amides is 2. The van der Waals surface area contributed by atoms with Crippen molar-refractivity contribution in [2.45, 2.75) is 58.3 Å². The Labute approximate surface area is 191 Å². The smallest absolute Gasteiger partial charge is 0.227 e. The van der Waals surface area contributed by atoms with Gasteiger partial charge in [0.25, 0.3) is 0 Å². The molecule has 5 heteroatoms. The van der Waals surface area contributed by atoms with Gasteiger partial charge >= 0.3 is 0 Å². The number of nitrogens with one attached hydrogen (secondary N) is 1. The number of piperidine rings is 1. The molecule has 0 radical (unpaired) electrons. The van der Waals surface area contributed by atoms with Gasteiger partial charge in [-0.1, -0.05) is 32.9 Å². The Morgan fingerprint density at radius 1 is 0.906 bits per heavy atom. The van der Waals surface area contributed by atoms with Crippen molar-refractivity contribution < 1.29 is 14.3 Å². The normalized spacial score (nSPS) is 17.2. The van der Waals surface area contributed by atoms with Crippen LogP contribution in [-0.4, -0.2) is 29.8 Å². The third-order valence-corrected chi connectivity index (χ3v) is 6.98. The fraction of sp³-hybridized carbons (Fsp3) is 0.481. The van der Waals surface area contributed by atoms with E-state index >= 15 is 0 Å². The summed E-state index contributed by atoms with van der Waals surface area (Å²) >= 11 is 0. The Bertz CT molecular complexity index is 938. The van der Waals surface area contributed by atoms with Crippen molar-refractivity contribution in [1.29, 1.82) is 0 Å². The number of hydrogen-bond acceptors (Lipinski definition) is 3. The molecule has 0 spiro atoms. The van der Waals surface area contributed by atoms with Crippen LogP contribution in [0.2, 0.25) is 0 Å². The van der Waals surface area contributed by atoms with Gasteiger partial charge in [0, 0.05) is 30.6 Å². The van der Waals surface area contributed by atoms with E-state index in [-0.39, 0.29) is 29.1 Å². The lowest BCUT2D eigenvalue weighted by Crippen LogP contribution is -2.42. The Balaban J connectivity index is 1.27. The van der Waals surface area contributed by atoms with E-state index in [0.717, 1.165) is 49.3 Å². The number of carbonyl (C=O) groups excluding carboxylic acids is 2. The minimum atomic E-state index is -0.0416. The maximum Gasteiger partial charge on any atom is 0.227 e. The molecule has 0 aromatic heterocycles. The van der Waals surface area contributed by atoms with Gasteiger partial charge in [0.05, 0.1) is 0 Å². The molecule has 5 nitrogen and oxygen atoms in total. The van der Waals surface area contributed by atoms with Gasteiger partial charge in [-0.05, 0) is 79.5 Å². The van der Waals surface area contributed by atoms with Crippen LogP contribution in [0.4, 0.5) is 5.69 Å². The summed E-state index contributed by atoms with van der Waals surface area (Å²) in [5.74, 6) is 2.05. The Hall–Kier alpha value is -2.82. The van der Waals surface area contributed by atoms with Crippen LogP contribution in [0.1, 0.15) is 58.4 Å². The quantitative estimate of drug-likeness (QED) is 0.603. The second kappa shape index (κ2) is 9.35. The largest absolute Gasteiger partial charge is 0.457 e. The van der Waals surface area contributed by atoms with Crippen molar-refractivity contribution in [3.63, 3.8) is 0 Å². The van der Waals surface area contributed by atoms with Crippen LogP contribution in [0, 0.1) is 11.8 Å². The number of ether oxygens (including phenoxy) is 1. The third kappa shape index (κ3) is 5.32. The summed E-state index contributed by atoms with van der Waals surface area (Å²) in [6.45, 7) is 8.06. The molecule has 2 fully saturated rings. The average Bonchev–Trinajstić information content (AvgIpc) is 3.66. The van der Waals surface area contributed by atoms with Gasteiger partial charge in [-0.2, -0.15) is 0 Å². The van der Waals surface area contributed by atoms with Crippen LogP contribution in [0.5, 0.6) is 11.5 Å². The number of benzene rings is 2. The van der Waals surface area contributed by atoms with E-state index in [0.29, 0.717) is 13.1 Å². The number of rotatable bonds is 7. The van der Waals surface area contributed by atoms with Gasteiger partial charge in [-0.25, -0.2) is 0 Å². The zero-order valence-corrected chi connectivity index (χ0v) is 19.4. The van der Waals surface area contributed by atoms with Crippen LogP contribution < -0.4 is 10.1 Å². The minimum Gasteiger partial charge on any atom is -0.457 e. The van der Waals surface area contributed by atoms with Crippen LogP contribution in [-0.2, 0) is 15.0 Å². The fourth-order valence-electron chi connectivity index (χ4n) is 4.12. The zero-order valence-electron chi connectivity index (χ0n) is 19.4. The Morgan fingerprint density at radius 2 is 1.47 bits per heavy atom. The molecule has 2 aromatic rings. The molecule has 2 aliphatic rings. The monoisotopic (exact) mass is 434 g/mol. The van der Waals surface area contributed by atoms with Crippen LogP contribution in [0.25, 0.3) is 0 Å². The minimum absolute atomic E-state index is 0.0336. The first kappa shape index (κ1) is 22.4. The van der Waals surface area contributed by atoms with Crippen LogP contribution >= 0.6 is 0 Å². The van der Waals surface area contributed by atoms with Gasteiger partial charge in [-0.15, -0.1) is 0 Å². The van der Waals surface area contributed by atoms with Gasteiger partial charge in [0.2, 0.25) is 11.8 Å². The number of nitrogens with zero attached hydrogens (tertiary/aromatic N) is 1. The molecule has 1 N–H and O–H groups in total. The molecule has 1 heterocycles. The first-order valence-electron chi connectivity index (χ1n) is 11.8. The highest BCUT2D eigenvalue weighted by molar-refractivity contribution is 5.92. The Morgan fingerprint density at radius 3 is 2.00 bits per heavy atom. The van der Waals surface area contributed by atoms with Crippen LogP contribution in [0.15, 0.2) is 48.5 Å². The van der Waals surface area contributed by atoms with E-state index < -0.39 is 0 Å². The predicted octanol–water partition coefficient (Wildman–Crippen LogP) is 5.75. The molecule has 4 rings (SSSR count). The second-order valence-corrected chi connectivity index (χ2v) is 9.75. The summed E-state index contributed by atoms with van der Waals surface area (Å²) in [7, 11) is 0. The first-order valence-corrected chi connectivity index (χ1v) is 11.8. The summed E-state index contributed by atoms with van der Waals surface area (Å²) in [6, 6.07) is 15.7. The molecule has 2 aromatic carbocycles. The molecule has 170 valence electrons. The third-order valence-electron chi connectivity index (χ3n) is 6.98. The number of hydrogen-bond donors (Lipinski definition) is 1. The molecule has 2 amide bonds. The molecule has 1 aliphatic heterocycles. The van der Waals surface area contributed by atoms with Gasteiger partial charge < -0.3 is 15.0 Å². The molecule has 0 atom stereocenters. The SMILES string of the molecule is CCC(C)(C)c1ccc(Oc2ccc(NC(=O)C3CCN(C(=O)C4CC4)CC3)cc2)cc1. The highest BCUT2D eigenvalue weighted by Crippen LogP contribution is 2.33. The lowest BCUT2D eigenvalue weighted by atomic mass is 9.82. The van der Waals surface area contributed by atoms with Gasteiger partial charge in [-0.3, -0.25) is 9.59 Å². The first-order chi connectivity index (χ1) is 15.4. The molecule has 1 aliphatic carbocycles. The van der Waals surface area contributed by atoms with Crippen molar-refractivity contribution in [3.05, 3.63) is 54.1 Å². The summed E-state index contributed by atoms with van der Waals surface area (Å²) < 4.78 is 5.96. The molecule has 1 saturated carbocycles. The predicted molar refractivity (Wildman–Crippen MR) is 127 cm³/mol. The highest BCUT2D eigenvalue weighted by Gasteiger charge is 2.36. The molecular formula is C27H34N2O3. The summed E-state index contributed by atoms with van der Waals surface area (Å²) in [5.41, 5.74) is 2.22. The second-order valence-electron chi connectivity index (χ2n) is 9.75. The standard InChI is InChI=1S/C27H34N2O3/c1-4-27(2,3)21-7-11-23(12-8-21)32-24-13-9-22(10-14-24)28-25(30)19-15-17-29(18-16-19)26(31)20-5-6-20/h7-14,19-20H,4-6,15-18H2,1-3H3,(H,28,30). The van der Waals surface area contributed by atoms with E-state index in [1.54, 1.807) is 0 Å². The highest BCUT2D eigenvalue weighted by atomic mass is 16.5. The van der Waals surface area contributed by atoms with Gasteiger partial charge in [0.15, 0.2) is 0 Å². The number of likely N-dealkylation sites (tertiary alicyclic amines) is 1. The number of carbonyl (C=O) groups is 2. The van der Waals surface area contributed by atoms with Gasteiger partial charge in [0.1, 0.15) is 11.5 Å². The lowest BCUT2D eigenvalue weighted by Gasteiger charge is -2.31. The van der Waals surface area contributed by atoms with Crippen molar-refractivity contribution in [1.82, 2.24) is 4.90 Å². The van der Waals surface area contributed by atoms with Crippen molar-refractivity contribution in [2.75, 3.05) is 18.4 Å². The van der Waals surface area contributed by atoms with Crippen LogP contribution in [0.3, 0.4) is 0 Å². The molecule has 0 bridgehead atoms. The summed E-state index contributed by atoms with van der Waals surface area (Å²) in [4.78, 5) is 26.8. The van der Waals surface area contributed by atoms with E-state index in [9.17, 15) is 9.59 Å². The Kier molecular flexibility index (Phi) is 6.54. The van der Waals surface area contributed by atoms with Crippen molar-refractivity contribution >= 4 is 17.5 Å². The topological polar surface area (TPSA) is 58.6 Å². The maximum absolute atomic E-state index is 12.7. The number of anilines is 1. The van der Waals surface area contributed by atoms with Crippen molar-refractivity contribution in [3.8, 4) is 11.5 Å². The maximum atomic E-state index is 12.7. The summed E-state index contributed by atoms with van der Waals surface area (Å²) in [5, 5.41) is 3.01. The fourth-order valence-corrected chi connectivity index (χ4v) is 4.12. The molecule has 32 heavy (non-hydrogen) atoms. The molecular weight excluding hydrogens is 400 g/mol. The van der Waals surface area contributed by atoms with E-state index in [1.165, 1.54) is 5.56 Å². The zero-order chi connectivity index (χ0) is 22.7. The molecule has 0 unspecified atom stereocenters. The summed E-state index contributed by atoms with van der Waals surface area (Å²) in [6.07, 6.45) is 4.60. The van der Waals surface area contributed by atoms with E-state index in [1.807, 2.05) is 41.3 Å². The average molecular weight is 435 g/mol. The van der Waals surface area contributed by atoms with E-state index in [4.69, 9.17) is 4.74 Å². The molecule has 1 saturated heterocycles.